The number of piperidine rings is 1. The van der Waals surface area contributed by atoms with E-state index in [0.29, 0.717) is 0 Å². The molecule has 216 valence electrons. The van der Waals surface area contributed by atoms with Crippen LogP contribution < -0.4 is 15.5 Å². The van der Waals surface area contributed by atoms with Crippen molar-refractivity contribution in [2.75, 3.05) is 29.4 Å². The van der Waals surface area contributed by atoms with Gasteiger partial charge < -0.3 is 15.5 Å². The first-order valence-electron chi connectivity index (χ1n) is 14.6. The van der Waals surface area contributed by atoms with Crippen molar-refractivity contribution in [2.24, 2.45) is 18.2 Å². The number of anilines is 3. The topological polar surface area (TPSA) is 118 Å². The second kappa shape index (κ2) is 10.1. The number of aryl methyl sites for hydroxylation is 3. The average Bonchev–Trinajstić information content (AvgIpc) is 3.69. The van der Waals surface area contributed by atoms with Crippen molar-refractivity contribution in [1.29, 1.82) is 0 Å². The molecule has 0 radical (unpaired) electrons. The number of pyridine rings is 1. The highest BCUT2D eigenvalue weighted by molar-refractivity contribution is 5.88. The minimum absolute atomic E-state index is 0. The molecule has 5 aromatic rings. The molecule has 0 unspecified atom stereocenters. The number of nitrogens with two attached hydrogens (primary N) is 1. The maximum atomic E-state index is 6.82. The van der Waals surface area contributed by atoms with E-state index in [1.165, 1.54) is 11.1 Å². The molecule has 0 bridgehead atoms. The number of rotatable bonds is 3. The normalized spacial score (nSPS) is 19.2. The summed E-state index contributed by atoms with van der Waals surface area (Å²) in [5, 5.41) is 12.2. The van der Waals surface area contributed by atoms with E-state index in [-0.39, 0.29) is 23.9 Å². The minimum atomic E-state index is 0. The summed E-state index contributed by atoms with van der Waals surface area (Å²) in [7, 11) is 1.92. The first kappa shape index (κ1) is 26.9. The lowest BCUT2D eigenvalue weighted by Crippen LogP contribution is -2.44. The van der Waals surface area contributed by atoms with Gasteiger partial charge in [0.2, 0.25) is 0 Å². The maximum absolute atomic E-state index is 6.82. The molecule has 8 rings (SSSR count). The van der Waals surface area contributed by atoms with Gasteiger partial charge in [0.25, 0.3) is 0 Å². The lowest BCUT2D eigenvalue weighted by molar-refractivity contribution is 0.187. The van der Waals surface area contributed by atoms with Gasteiger partial charge >= 0.3 is 0 Å². The number of aromatic amines is 1. The number of halogens is 1. The zero-order chi connectivity index (χ0) is 27.7. The maximum Gasteiger partial charge on any atom is 0.183 e. The van der Waals surface area contributed by atoms with Gasteiger partial charge in [-0.3, -0.25) is 14.8 Å². The van der Waals surface area contributed by atoms with E-state index < -0.39 is 0 Å². The van der Waals surface area contributed by atoms with Crippen LogP contribution in [-0.2, 0) is 19.9 Å². The van der Waals surface area contributed by atoms with Gasteiger partial charge in [-0.15, -0.1) is 12.4 Å². The van der Waals surface area contributed by atoms with Gasteiger partial charge in [-0.1, -0.05) is 24.3 Å². The van der Waals surface area contributed by atoms with Crippen LogP contribution in [0.4, 0.5) is 17.3 Å². The molecule has 2 aliphatic heterocycles. The molecule has 3 N–H and O–H groups in total. The van der Waals surface area contributed by atoms with Crippen LogP contribution in [0, 0.1) is 12.3 Å². The molecule has 1 atom stereocenters. The fourth-order valence-corrected chi connectivity index (χ4v) is 7.24. The van der Waals surface area contributed by atoms with E-state index >= 15 is 0 Å². The highest BCUT2D eigenvalue weighted by Gasteiger charge is 2.46. The fourth-order valence-electron chi connectivity index (χ4n) is 7.24. The predicted molar refractivity (Wildman–Crippen MR) is 166 cm³/mol. The van der Waals surface area contributed by atoms with Crippen molar-refractivity contribution in [1.82, 2.24) is 34.9 Å². The van der Waals surface area contributed by atoms with Crippen molar-refractivity contribution < 1.29 is 0 Å². The Hall–Kier alpha value is -4.02. The quantitative estimate of drug-likeness (QED) is 0.311. The van der Waals surface area contributed by atoms with E-state index in [1.54, 1.807) is 4.68 Å². The van der Waals surface area contributed by atoms with Crippen LogP contribution >= 0.6 is 12.4 Å². The number of H-pyrrole nitrogens is 1. The van der Waals surface area contributed by atoms with Gasteiger partial charge in [0, 0.05) is 44.5 Å². The Labute approximate surface area is 250 Å². The molecule has 4 aromatic heterocycles. The molecule has 1 aromatic carbocycles. The molecule has 1 aliphatic carbocycles. The number of aromatic nitrogens is 7. The van der Waals surface area contributed by atoms with E-state index in [4.69, 9.17) is 25.8 Å². The molecule has 0 amide bonds. The molecule has 11 heteroatoms. The lowest BCUT2D eigenvalue weighted by atomic mass is 9.73. The summed E-state index contributed by atoms with van der Waals surface area (Å²) < 4.78 is 1.80. The second-order valence-corrected chi connectivity index (χ2v) is 11.9. The molecule has 10 nitrogen and oxygen atoms in total. The first-order valence-corrected chi connectivity index (χ1v) is 14.6. The van der Waals surface area contributed by atoms with Crippen molar-refractivity contribution in [3.8, 4) is 11.3 Å². The van der Waals surface area contributed by atoms with Crippen LogP contribution in [0.2, 0.25) is 0 Å². The fraction of sp³-hybridized carbons (Fsp3) is 0.387. The Balaban J connectivity index is 0.00000288. The smallest absolute Gasteiger partial charge is 0.183 e. The van der Waals surface area contributed by atoms with Crippen molar-refractivity contribution in [3.63, 3.8) is 0 Å². The third-order valence-corrected chi connectivity index (χ3v) is 9.47. The average molecular weight is 583 g/mol. The predicted octanol–water partition coefficient (Wildman–Crippen LogP) is 4.81. The third-order valence-electron chi connectivity index (χ3n) is 9.47. The van der Waals surface area contributed by atoms with Gasteiger partial charge in [0.15, 0.2) is 22.8 Å². The monoisotopic (exact) mass is 582 g/mol. The number of hydrogen-bond acceptors (Lipinski definition) is 8. The minimum Gasteiger partial charge on any atom is -0.355 e. The number of fused-ring (bicyclic) bond motifs is 3. The number of nitrogens with zero attached hydrogens (tertiary/aromatic N) is 8. The molecule has 6 heterocycles. The van der Waals surface area contributed by atoms with Gasteiger partial charge in [0.1, 0.15) is 0 Å². The van der Waals surface area contributed by atoms with Crippen molar-refractivity contribution in [2.45, 2.75) is 45.1 Å². The Bertz CT molecular complexity index is 1780. The van der Waals surface area contributed by atoms with Gasteiger partial charge in [-0.05, 0) is 67.7 Å². The summed E-state index contributed by atoms with van der Waals surface area (Å²) in [5.41, 5.74) is 16.3. The molecular formula is C31H35ClN10. The van der Waals surface area contributed by atoms with Crippen molar-refractivity contribution in [3.05, 3.63) is 71.3 Å². The van der Waals surface area contributed by atoms with Gasteiger partial charge in [0.05, 0.1) is 29.0 Å². The van der Waals surface area contributed by atoms with Crippen LogP contribution in [-0.4, -0.2) is 54.6 Å². The molecule has 42 heavy (non-hydrogen) atoms. The zero-order valence-corrected chi connectivity index (χ0v) is 24.7. The first-order chi connectivity index (χ1) is 20.0. The van der Waals surface area contributed by atoms with Crippen LogP contribution in [0.1, 0.15) is 47.8 Å². The number of benzene rings is 1. The molecule has 3 aliphatic rings. The van der Waals surface area contributed by atoms with Crippen LogP contribution in [0.5, 0.6) is 0 Å². The summed E-state index contributed by atoms with van der Waals surface area (Å²) in [6.07, 6.45) is 8.95. The SMILES string of the molecule is Cc1nc2c(N3CCCc4nc(-c5cnn(C)c5)ccc43)n[nH]c2nc1N1CCC2(CC1)Cc1ccccc1[C@H]2N.Cl. The molecule has 1 fully saturated rings. The summed E-state index contributed by atoms with van der Waals surface area (Å²) in [6.45, 7) is 4.77. The van der Waals surface area contributed by atoms with E-state index in [9.17, 15) is 0 Å². The highest BCUT2D eigenvalue weighted by Crippen LogP contribution is 2.51. The van der Waals surface area contributed by atoms with E-state index in [1.807, 2.05) is 19.4 Å². The molecular weight excluding hydrogens is 548 g/mol. The molecule has 0 saturated carbocycles. The summed E-state index contributed by atoms with van der Waals surface area (Å²) >= 11 is 0. The standard InChI is InChI=1S/C31H34N10.ClH/c1-19-29(40-14-11-31(12-15-40)16-20-6-3-4-7-22(20)27(31)32)36-28-26(34-19)30(38-37-28)41-13-5-8-24-25(41)10-9-23(35-24)21-17-33-39(2)18-21;/h3-4,6-7,9-10,17-18,27H,5,8,11-16,32H2,1-2H3,(H,36,37,38);1H/t27-;/m1./s1. The second-order valence-electron chi connectivity index (χ2n) is 11.9. The lowest BCUT2D eigenvalue weighted by Gasteiger charge is -2.42. The zero-order valence-electron chi connectivity index (χ0n) is 23.9. The summed E-state index contributed by atoms with van der Waals surface area (Å²) in [6, 6.07) is 13.0. The Morgan fingerprint density at radius 1 is 1.00 bits per heavy atom. The molecule has 1 saturated heterocycles. The van der Waals surface area contributed by atoms with Gasteiger partial charge in [-0.25, -0.2) is 9.97 Å². The highest BCUT2D eigenvalue weighted by atomic mass is 35.5. The van der Waals surface area contributed by atoms with E-state index in [0.717, 1.165) is 103 Å². The Morgan fingerprint density at radius 2 is 1.83 bits per heavy atom. The Kier molecular flexibility index (Phi) is 6.43. The van der Waals surface area contributed by atoms with Crippen LogP contribution in [0.15, 0.2) is 48.8 Å². The molecule has 1 spiro atoms. The van der Waals surface area contributed by atoms with Crippen LogP contribution in [0.3, 0.4) is 0 Å². The number of nitrogens with one attached hydrogen (secondary N) is 1. The summed E-state index contributed by atoms with van der Waals surface area (Å²) in [4.78, 5) is 19.7. The van der Waals surface area contributed by atoms with Crippen LogP contribution in [0.25, 0.3) is 22.4 Å². The summed E-state index contributed by atoms with van der Waals surface area (Å²) in [5.74, 6) is 1.75. The number of hydrogen-bond donors (Lipinski definition) is 2. The van der Waals surface area contributed by atoms with E-state index in [2.05, 4.69) is 63.3 Å². The van der Waals surface area contributed by atoms with Gasteiger partial charge in [-0.2, -0.15) is 10.2 Å². The largest absolute Gasteiger partial charge is 0.355 e. The Morgan fingerprint density at radius 3 is 2.62 bits per heavy atom. The van der Waals surface area contributed by atoms with Crippen molar-refractivity contribution >= 4 is 40.9 Å². The third kappa shape index (κ3) is 4.15.